The van der Waals surface area contributed by atoms with Crippen LogP contribution in [-0.4, -0.2) is 51.7 Å². The molecule has 0 fully saturated rings. The van der Waals surface area contributed by atoms with Gasteiger partial charge in [0.1, 0.15) is 45.4 Å². The lowest BCUT2D eigenvalue weighted by atomic mass is 10.0. The van der Waals surface area contributed by atoms with E-state index < -0.39 is 34.8 Å². The van der Waals surface area contributed by atoms with E-state index in [2.05, 4.69) is 5.32 Å². The summed E-state index contributed by atoms with van der Waals surface area (Å²) in [6.45, 7) is -0.346. The molecule has 1 aliphatic heterocycles. The fraction of sp³-hybridized carbons (Fsp3) is 0.152. The monoisotopic (exact) mass is 628 g/mol. The summed E-state index contributed by atoms with van der Waals surface area (Å²) in [7, 11) is 1.72. The van der Waals surface area contributed by atoms with Gasteiger partial charge in [0.25, 0.3) is 5.91 Å². The predicted molar refractivity (Wildman–Crippen MR) is 168 cm³/mol. The Labute approximate surface area is 258 Å². The van der Waals surface area contributed by atoms with Crippen molar-refractivity contribution >= 4 is 44.5 Å². The van der Waals surface area contributed by atoms with Gasteiger partial charge in [0, 0.05) is 48.3 Å². The van der Waals surface area contributed by atoms with Gasteiger partial charge in [0.15, 0.2) is 6.23 Å². The lowest BCUT2D eigenvalue weighted by Crippen LogP contribution is -2.24. The van der Waals surface area contributed by atoms with E-state index in [0.29, 0.717) is 61.5 Å². The number of aliphatic hydroxyl groups excluding tert-OH is 1. The Morgan fingerprint density at radius 3 is 2.58 bits per heavy atom. The van der Waals surface area contributed by atoms with E-state index in [-0.39, 0.29) is 17.9 Å². The second kappa shape index (κ2) is 10.8. The number of nitrogens with zero attached hydrogens (tertiary/aromatic N) is 3. The number of halogens is 2. The van der Waals surface area contributed by atoms with Crippen molar-refractivity contribution in [3.05, 3.63) is 90.0 Å². The molecule has 12 heteroatoms. The maximum absolute atomic E-state index is 14.8. The number of aromatic nitrogens is 2. The number of carbonyl (C=O) groups is 1. The molecule has 0 aliphatic carbocycles. The highest BCUT2D eigenvalue weighted by Gasteiger charge is 2.31. The van der Waals surface area contributed by atoms with Crippen LogP contribution < -0.4 is 14.4 Å². The number of aliphatic hydroxyl groups is 1. The van der Waals surface area contributed by atoms with Crippen molar-refractivity contribution in [3.8, 4) is 39.7 Å². The molecule has 2 unspecified atom stereocenters. The number of pyridine rings is 1. The summed E-state index contributed by atoms with van der Waals surface area (Å²) in [5.41, 5.74) is 4.13. The van der Waals surface area contributed by atoms with Crippen molar-refractivity contribution in [1.29, 1.82) is 0 Å². The summed E-state index contributed by atoms with van der Waals surface area (Å²) >= 11 is 0. The van der Waals surface area contributed by atoms with E-state index in [4.69, 9.17) is 14.1 Å². The smallest absolute Gasteiger partial charge is 0.255 e. The molecule has 45 heavy (non-hydrogen) atoms. The number of benzene rings is 3. The SMILES string of the molecule is CNC(=O)c1c(-c2ccc(F)cc2)oc2cc(N(C)S(C)=O)c(-c3ccc4c(n3)-c3cc5c(F)cccc5n3C(CO)O4)cc12. The van der Waals surface area contributed by atoms with Crippen LogP contribution in [0.2, 0.25) is 0 Å². The highest BCUT2D eigenvalue weighted by atomic mass is 32.2. The Morgan fingerprint density at radius 2 is 1.87 bits per heavy atom. The zero-order valence-corrected chi connectivity index (χ0v) is 25.1. The average Bonchev–Trinajstić information content (AvgIpc) is 3.63. The molecule has 1 amide bonds. The number of furan rings is 1. The molecule has 2 atom stereocenters. The molecule has 0 saturated heterocycles. The Kier molecular flexibility index (Phi) is 6.90. The van der Waals surface area contributed by atoms with E-state index in [1.807, 2.05) is 0 Å². The number of carbonyl (C=O) groups excluding carboxylic acids is 1. The molecular weight excluding hydrogens is 602 g/mol. The largest absolute Gasteiger partial charge is 0.465 e. The van der Waals surface area contributed by atoms with Crippen molar-refractivity contribution in [1.82, 2.24) is 14.9 Å². The van der Waals surface area contributed by atoms with Gasteiger partial charge in [-0.2, -0.15) is 0 Å². The predicted octanol–water partition coefficient (Wildman–Crippen LogP) is 6.03. The van der Waals surface area contributed by atoms with E-state index in [1.54, 1.807) is 58.4 Å². The molecule has 3 aromatic heterocycles. The van der Waals surface area contributed by atoms with Gasteiger partial charge in [-0.3, -0.25) is 9.10 Å². The minimum absolute atomic E-state index is 0.245. The average molecular weight is 629 g/mol. The van der Waals surface area contributed by atoms with Crippen LogP contribution >= 0.6 is 0 Å². The first kappa shape index (κ1) is 28.7. The minimum Gasteiger partial charge on any atom is -0.465 e. The Balaban J connectivity index is 1.48. The lowest BCUT2D eigenvalue weighted by Gasteiger charge is -2.28. The third-order valence-corrected chi connectivity index (χ3v) is 8.97. The van der Waals surface area contributed by atoms with Crippen LogP contribution in [0.15, 0.2) is 77.2 Å². The zero-order chi connectivity index (χ0) is 31.6. The Hall–Kier alpha value is -5.07. The third kappa shape index (κ3) is 4.56. The highest BCUT2D eigenvalue weighted by molar-refractivity contribution is 7.85. The number of hydrogen-bond acceptors (Lipinski definition) is 6. The quantitative estimate of drug-likeness (QED) is 0.233. The maximum Gasteiger partial charge on any atom is 0.255 e. The van der Waals surface area contributed by atoms with Crippen LogP contribution in [0, 0.1) is 11.6 Å². The maximum atomic E-state index is 14.8. The van der Waals surface area contributed by atoms with Crippen LogP contribution in [0.3, 0.4) is 0 Å². The van der Waals surface area contributed by atoms with Crippen LogP contribution in [0.1, 0.15) is 16.6 Å². The first-order chi connectivity index (χ1) is 21.7. The van der Waals surface area contributed by atoms with Gasteiger partial charge < -0.3 is 24.1 Å². The fourth-order valence-electron chi connectivity index (χ4n) is 5.79. The van der Waals surface area contributed by atoms with Gasteiger partial charge in [-0.1, -0.05) is 6.07 Å². The number of amides is 1. The van der Waals surface area contributed by atoms with Gasteiger partial charge in [0.2, 0.25) is 0 Å². The van der Waals surface area contributed by atoms with Crippen molar-refractivity contribution in [2.75, 3.05) is 31.3 Å². The van der Waals surface area contributed by atoms with Gasteiger partial charge in [-0.15, -0.1) is 0 Å². The van der Waals surface area contributed by atoms with Gasteiger partial charge in [-0.25, -0.2) is 18.0 Å². The summed E-state index contributed by atoms with van der Waals surface area (Å²) in [6, 6.07) is 18.9. The van der Waals surface area contributed by atoms with Crippen molar-refractivity contribution in [3.63, 3.8) is 0 Å². The molecule has 0 radical (unpaired) electrons. The molecule has 0 saturated carbocycles. The summed E-state index contributed by atoms with van der Waals surface area (Å²) in [4.78, 5) is 18.2. The molecule has 3 aromatic carbocycles. The Morgan fingerprint density at radius 1 is 1.09 bits per heavy atom. The number of anilines is 1. The molecule has 9 nitrogen and oxygen atoms in total. The second-order valence-electron chi connectivity index (χ2n) is 10.5. The van der Waals surface area contributed by atoms with Crippen LogP contribution in [0.5, 0.6) is 5.75 Å². The van der Waals surface area contributed by atoms with E-state index >= 15 is 0 Å². The van der Waals surface area contributed by atoms with E-state index in [0.717, 1.165) is 0 Å². The number of hydrogen-bond donors (Lipinski definition) is 2. The topological polar surface area (TPSA) is 110 Å². The number of ether oxygens (including phenoxy) is 1. The second-order valence-corrected chi connectivity index (χ2v) is 11.9. The summed E-state index contributed by atoms with van der Waals surface area (Å²) in [5, 5.41) is 13.6. The first-order valence-electron chi connectivity index (χ1n) is 13.9. The van der Waals surface area contributed by atoms with Gasteiger partial charge in [-0.05, 0) is 60.7 Å². The molecule has 7 rings (SSSR count). The first-order valence-corrected chi connectivity index (χ1v) is 15.5. The van der Waals surface area contributed by atoms with Crippen LogP contribution in [-0.2, 0) is 11.0 Å². The van der Waals surface area contributed by atoms with Gasteiger partial charge in [0.05, 0.1) is 34.8 Å². The van der Waals surface area contributed by atoms with E-state index in [9.17, 15) is 22.9 Å². The molecule has 1 aliphatic rings. The van der Waals surface area contributed by atoms with Crippen molar-refractivity contribution in [2.24, 2.45) is 0 Å². The highest BCUT2D eigenvalue weighted by Crippen LogP contribution is 2.45. The Bertz CT molecular complexity index is 2180. The van der Waals surface area contributed by atoms with Crippen molar-refractivity contribution in [2.45, 2.75) is 6.23 Å². The molecule has 2 N–H and O–H groups in total. The molecule has 6 aromatic rings. The van der Waals surface area contributed by atoms with E-state index in [1.165, 1.54) is 43.6 Å². The third-order valence-electron chi connectivity index (χ3n) is 8.01. The standard InChI is InChI=1S/C33H26F2N4O5S/c1-36-33(41)30-21-13-20(25(38(2)45(3)42)15-28(21)44-32(30)17-7-9-18(34)10-8-17)23-11-12-27-31(37-23)26-14-19-22(35)5-4-6-24(19)39(26)29(16-40)43-27/h4-15,29,40H,16H2,1-3H3,(H,36,41). The zero-order valence-electron chi connectivity index (χ0n) is 24.3. The molecular formula is C33H26F2N4O5S. The molecule has 0 bridgehead atoms. The lowest BCUT2D eigenvalue weighted by molar-refractivity contribution is 0.0609. The molecule has 228 valence electrons. The number of fused-ring (bicyclic) bond motifs is 6. The summed E-state index contributed by atoms with van der Waals surface area (Å²) < 4.78 is 56.9. The molecule has 4 heterocycles. The van der Waals surface area contributed by atoms with Crippen LogP contribution in [0.4, 0.5) is 14.5 Å². The molecule has 0 spiro atoms. The summed E-state index contributed by atoms with van der Waals surface area (Å²) in [6.07, 6.45) is 0.748. The fourth-order valence-corrected chi connectivity index (χ4v) is 6.22. The normalized spacial score (nSPS) is 14.6. The minimum atomic E-state index is -1.45. The number of rotatable bonds is 6. The summed E-state index contributed by atoms with van der Waals surface area (Å²) in [5.74, 6) is -0.602. The van der Waals surface area contributed by atoms with Crippen LogP contribution in [0.25, 0.3) is 55.8 Å². The van der Waals surface area contributed by atoms with Crippen molar-refractivity contribution < 1.29 is 32.0 Å². The van der Waals surface area contributed by atoms with Gasteiger partial charge >= 0.3 is 0 Å². The number of nitrogens with one attached hydrogen (secondary N) is 1.